The third-order valence-electron chi connectivity index (χ3n) is 0.679. The highest BCUT2D eigenvalue weighted by Crippen LogP contribution is 1.90. The Morgan fingerprint density at radius 3 is 2.86 bits per heavy atom. The molecule has 0 spiro atoms. The van der Waals surface area contributed by atoms with E-state index in [1.54, 1.807) is 6.92 Å². The first-order valence-electron chi connectivity index (χ1n) is 2.78. The van der Waals surface area contributed by atoms with Gasteiger partial charge in [0.1, 0.15) is 0 Å². The second-order valence-corrected chi connectivity index (χ2v) is 1.26. The van der Waals surface area contributed by atoms with Crippen molar-refractivity contribution in [2.45, 2.75) is 25.8 Å². The Kier molecular flexibility index (Phi) is 2.60. The molecular weight excluding hydrogens is 92.1 g/mol. The Balaban J connectivity index is 3.44. The normalized spacial score (nSPS) is 20.0. The molecule has 2 heteroatoms. The third-order valence-corrected chi connectivity index (χ3v) is 0.679. The first-order chi connectivity index (χ1) is 3.72. The van der Waals surface area contributed by atoms with Crippen LogP contribution in [-0.4, -0.2) is 17.5 Å². The van der Waals surface area contributed by atoms with E-state index < -0.39 is 12.5 Å². The summed E-state index contributed by atoms with van der Waals surface area (Å²) < 4.78 is 6.75. The maximum absolute atomic E-state index is 9.63. The minimum absolute atomic E-state index is 0.434. The molecule has 0 aliphatic heterocycles. The van der Waals surface area contributed by atoms with Crippen molar-refractivity contribution in [2.75, 3.05) is 0 Å². The van der Waals surface area contributed by atoms with E-state index in [2.05, 4.69) is 0 Å². The van der Waals surface area contributed by atoms with E-state index in [4.69, 9.17) is 6.48 Å². The molecular formula is C5H9O2. The van der Waals surface area contributed by atoms with Crippen molar-refractivity contribution in [3.63, 3.8) is 0 Å². The first kappa shape index (κ1) is 4.78. The second kappa shape index (κ2) is 3.81. The van der Waals surface area contributed by atoms with Gasteiger partial charge < -0.3 is 5.11 Å². The molecule has 0 saturated heterocycles. The van der Waals surface area contributed by atoms with Crippen molar-refractivity contribution in [1.29, 1.82) is 0 Å². The second-order valence-electron chi connectivity index (χ2n) is 1.26. The topological polar surface area (TPSA) is 37.3 Å². The van der Waals surface area contributed by atoms with E-state index in [0.29, 0.717) is 6.42 Å². The number of aliphatic hydroxyl groups excluding tert-OH is 1. The van der Waals surface area contributed by atoms with Gasteiger partial charge in [0.05, 0.1) is 6.10 Å². The van der Waals surface area contributed by atoms with Crippen LogP contribution in [0.1, 0.15) is 21.1 Å². The first-order valence-corrected chi connectivity index (χ1v) is 2.20. The Hall–Kier alpha value is -0.370. The molecule has 1 N–H and O–H groups in total. The summed E-state index contributed by atoms with van der Waals surface area (Å²) in [6.07, 6.45) is -0.107. The average molecular weight is 102 g/mol. The molecule has 1 radical (unpaired) electrons. The van der Waals surface area contributed by atoms with Gasteiger partial charge >= 0.3 is 0 Å². The highest BCUT2D eigenvalue weighted by molar-refractivity contribution is 5.50. The number of carbonyl (C=O) groups excluding carboxylic acids is 1. The standard InChI is InChI=1S/C5H9O2/c1-2-5(7)3-4-6/h5,7H,2-3H2,1H3/i3D. The van der Waals surface area contributed by atoms with Gasteiger partial charge in [-0.2, -0.15) is 0 Å². The predicted molar refractivity (Wildman–Crippen MR) is 26.6 cm³/mol. The Bertz CT molecular complexity index is 74.8. The van der Waals surface area contributed by atoms with Crippen molar-refractivity contribution in [2.24, 2.45) is 0 Å². The van der Waals surface area contributed by atoms with Crippen molar-refractivity contribution in [3.05, 3.63) is 0 Å². The summed E-state index contributed by atoms with van der Waals surface area (Å²) in [6.45, 7) is 1.71. The van der Waals surface area contributed by atoms with Crippen LogP contribution in [0.2, 0.25) is 0 Å². The Morgan fingerprint density at radius 2 is 2.71 bits per heavy atom. The fourth-order valence-corrected chi connectivity index (χ4v) is 0.196. The van der Waals surface area contributed by atoms with Crippen LogP contribution >= 0.6 is 0 Å². The molecule has 2 atom stereocenters. The summed E-state index contributed by atoms with van der Waals surface area (Å²) in [4.78, 5) is 9.63. The molecule has 0 aromatic rings. The van der Waals surface area contributed by atoms with Crippen molar-refractivity contribution in [3.8, 4) is 0 Å². The molecule has 0 aliphatic carbocycles. The summed E-state index contributed by atoms with van der Waals surface area (Å²) in [5.41, 5.74) is 0. The summed E-state index contributed by atoms with van der Waals surface area (Å²) in [7, 11) is 0. The lowest BCUT2D eigenvalue weighted by Crippen LogP contribution is -2.03. The van der Waals surface area contributed by atoms with Crippen LogP contribution in [0.25, 0.3) is 0 Å². The largest absolute Gasteiger partial charge is 0.393 e. The van der Waals surface area contributed by atoms with Gasteiger partial charge in [0.25, 0.3) is 0 Å². The minimum atomic E-state index is -1.08. The van der Waals surface area contributed by atoms with Crippen molar-refractivity contribution >= 4 is 6.29 Å². The number of hydrogen-bond donors (Lipinski definition) is 1. The van der Waals surface area contributed by atoms with Crippen LogP contribution in [-0.2, 0) is 4.79 Å². The van der Waals surface area contributed by atoms with Crippen LogP contribution in [0.3, 0.4) is 0 Å². The van der Waals surface area contributed by atoms with Crippen LogP contribution < -0.4 is 0 Å². The molecule has 41 valence electrons. The summed E-state index contributed by atoms with van der Waals surface area (Å²) >= 11 is 0. The van der Waals surface area contributed by atoms with Gasteiger partial charge in [0, 0.05) is 7.77 Å². The molecule has 0 fully saturated rings. The van der Waals surface area contributed by atoms with Crippen molar-refractivity contribution in [1.82, 2.24) is 0 Å². The molecule has 0 aliphatic rings. The summed E-state index contributed by atoms with van der Waals surface area (Å²) in [5.74, 6) is 0. The summed E-state index contributed by atoms with van der Waals surface area (Å²) in [6, 6.07) is 0. The van der Waals surface area contributed by atoms with Gasteiger partial charge in [0.2, 0.25) is 6.29 Å². The van der Waals surface area contributed by atoms with E-state index >= 15 is 0 Å². The van der Waals surface area contributed by atoms with Gasteiger partial charge in [0.15, 0.2) is 0 Å². The lowest BCUT2D eigenvalue weighted by Gasteiger charge is -1.96. The zero-order valence-corrected chi connectivity index (χ0v) is 4.22. The van der Waals surface area contributed by atoms with Crippen LogP contribution in [0, 0.1) is 0 Å². The van der Waals surface area contributed by atoms with Crippen LogP contribution in [0.15, 0.2) is 0 Å². The maximum atomic E-state index is 9.63. The SMILES string of the molecule is [2H]C([C]=O)C(O)CC. The quantitative estimate of drug-likeness (QED) is 0.555. The van der Waals surface area contributed by atoms with E-state index in [-0.39, 0.29) is 0 Å². The molecule has 0 amide bonds. The van der Waals surface area contributed by atoms with Crippen LogP contribution in [0.4, 0.5) is 0 Å². The molecule has 2 unspecified atom stereocenters. The van der Waals surface area contributed by atoms with E-state index in [9.17, 15) is 4.79 Å². The molecule has 7 heavy (non-hydrogen) atoms. The van der Waals surface area contributed by atoms with E-state index in [0.717, 1.165) is 0 Å². The fraction of sp³-hybridized carbons (Fsp3) is 0.800. The molecule has 0 aromatic carbocycles. The molecule has 0 saturated carbocycles. The molecule has 0 bridgehead atoms. The smallest absolute Gasteiger partial charge is 0.201 e. The zero-order valence-electron chi connectivity index (χ0n) is 5.22. The highest BCUT2D eigenvalue weighted by atomic mass is 16.3. The number of rotatable bonds is 3. The molecule has 0 heterocycles. The zero-order chi connectivity index (χ0) is 6.57. The average Bonchev–Trinajstić information content (AvgIpc) is 1.84. The Labute approximate surface area is 44.6 Å². The van der Waals surface area contributed by atoms with E-state index in [1.165, 1.54) is 6.29 Å². The third kappa shape index (κ3) is 3.46. The van der Waals surface area contributed by atoms with Crippen molar-refractivity contribution < 1.29 is 11.3 Å². The maximum Gasteiger partial charge on any atom is 0.201 e. The number of hydrogen-bond acceptors (Lipinski definition) is 2. The number of aliphatic hydroxyl groups is 1. The highest BCUT2D eigenvalue weighted by Gasteiger charge is 1.96. The summed E-state index contributed by atoms with van der Waals surface area (Å²) in [5, 5.41) is 8.68. The molecule has 0 aromatic heterocycles. The monoisotopic (exact) mass is 102 g/mol. The predicted octanol–water partition coefficient (Wildman–Crippen LogP) is 0.257. The lowest BCUT2D eigenvalue weighted by atomic mass is 10.2. The van der Waals surface area contributed by atoms with Gasteiger partial charge in [-0.15, -0.1) is 0 Å². The fourth-order valence-electron chi connectivity index (χ4n) is 0.196. The van der Waals surface area contributed by atoms with E-state index in [1.807, 2.05) is 0 Å². The molecule has 2 nitrogen and oxygen atoms in total. The van der Waals surface area contributed by atoms with Gasteiger partial charge in [-0.3, -0.25) is 4.79 Å². The Morgan fingerprint density at radius 1 is 2.14 bits per heavy atom. The minimum Gasteiger partial charge on any atom is -0.393 e. The van der Waals surface area contributed by atoms with Crippen LogP contribution in [0.5, 0.6) is 0 Å². The van der Waals surface area contributed by atoms with Gasteiger partial charge in [-0.25, -0.2) is 0 Å². The van der Waals surface area contributed by atoms with Gasteiger partial charge in [-0.05, 0) is 6.42 Å². The lowest BCUT2D eigenvalue weighted by molar-refractivity contribution is 0.177. The van der Waals surface area contributed by atoms with Gasteiger partial charge in [-0.1, -0.05) is 6.92 Å². The molecule has 0 rings (SSSR count).